The molecule has 0 aliphatic heterocycles. The van der Waals surface area contributed by atoms with Crippen molar-refractivity contribution in [3.8, 4) is 12.1 Å². The van der Waals surface area contributed by atoms with Crippen molar-refractivity contribution in [3.05, 3.63) is 10.7 Å². The number of allylic oxidation sites excluding steroid dienone is 1. The van der Waals surface area contributed by atoms with Crippen LogP contribution in [0.15, 0.2) is 10.7 Å². The van der Waals surface area contributed by atoms with Gasteiger partial charge in [-0.2, -0.15) is 10.5 Å². The van der Waals surface area contributed by atoms with E-state index < -0.39 is 0 Å². The van der Waals surface area contributed by atoms with Crippen LogP contribution < -0.4 is 5.32 Å². The molecule has 0 atom stereocenters. The molecule has 0 aromatic carbocycles. The predicted octanol–water partition coefficient (Wildman–Crippen LogP) is 0.703. The molecule has 0 aliphatic rings. The minimum atomic E-state index is -0.0980. The quantitative estimate of drug-likeness (QED) is 0.432. The molecule has 0 aromatic rings. The van der Waals surface area contributed by atoms with Crippen LogP contribution in [-0.2, 0) is 0 Å². The number of halogens is 1. The fourth-order valence-electron chi connectivity index (χ4n) is 0.248. The molecule has 3 nitrogen and oxygen atoms in total. The van der Waals surface area contributed by atoms with Crippen LogP contribution in [0.1, 0.15) is 0 Å². The number of nitrogens with one attached hydrogen (secondary N) is 1. The van der Waals surface area contributed by atoms with E-state index in [4.69, 9.17) is 22.1 Å². The van der Waals surface area contributed by atoms with Crippen LogP contribution in [0.5, 0.6) is 0 Å². The van der Waals surface area contributed by atoms with Crippen molar-refractivity contribution < 1.29 is 0 Å². The standard InChI is InChI=1S/C5H4ClN3/c1-9-5(6)4(2-7)3-8/h9H,1H3. The van der Waals surface area contributed by atoms with Gasteiger partial charge in [0.25, 0.3) is 0 Å². The number of nitrogens with zero attached hydrogens (tertiary/aromatic N) is 2. The van der Waals surface area contributed by atoms with E-state index in [1.165, 1.54) is 7.05 Å². The van der Waals surface area contributed by atoms with E-state index in [9.17, 15) is 0 Å². The predicted molar refractivity (Wildman–Crippen MR) is 33.2 cm³/mol. The molecule has 0 unspecified atom stereocenters. The zero-order valence-electron chi connectivity index (χ0n) is 4.77. The monoisotopic (exact) mass is 141 g/mol. The Labute approximate surface area is 58.1 Å². The number of nitriles is 2. The third-order valence-corrected chi connectivity index (χ3v) is 1.04. The van der Waals surface area contributed by atoms with Crippen molar-refractivity contribution >= 4 is 11.6 Å². The Bertz CT molecular complexity index is 189. The molecule has 4 heteroatoms. The summed E-state index contributed by atoms with van der Waals surface area (Å²) in [7, 11) is 1.54. The molecule has 46 valence electrons. The van der Waals surface area contributed by atoms with Crippen molar-refractivity contribution in [2.24, 2.45) is 0 Å². The average molecular weight is 142 g/mol. The van der Waals surface area contributed by atoms with Crippen molar-refractivity contribution in [3.63, 3.8) is 0 Å². The Morgan fingerprint density at radius 3 is 2.00 bits per heavy atom. The molecular weight excluding hydrogens is 138 g/mol. The van der Waals surface area contributed by atoms with Gasteiger partial charge in [-0.05, 0) is 0 Å². The Hall–Kier alpha value is -1.19. The van der Waals surface area contributed by atoms with Crippen molar-refractivity contribution in [2.45, 2.75) is 0 Å². The van der Waals surface area contributed by atoms with Gasteiger partial charge >= 0.3 is 0 Å². The van der Waals surface area contributed by atoms with Crippen LogP contribution in [-0.4, -0.2) is 7.05 Å². The van der Waals surface area contributed by atoms with Gasteiger partial charge in [0.1, 0.15) is 17.3 Å². The summed E-state index contributed by atoms with van der Waals surface area (Å²) in [6.45, 7) is 0. The largest absolute Gasteiger partial charge is 0.377 e. The van der Waals surface area contributed by atoms with Crippen LogP contribution >= 0.6 is 11.6 Å². The van der Waals surface area contributed by atoms with Crippen LogP contribution in [0, 0.1) is 22.7 Å². The van der Waals surface area contributed by atoms with E-state index in [1.54, 1.807) is 12.1 Å². The second kappa shape index (κ2) is 3.77. The normalized spacial score (nSPS) is 6.67. The summed E-state index contributed by atoms with van der Waals surface area (Å²) in [5.74, 6) is 0. The van der Waals surface area contributed by atoms with Gasteiger partial charge in [0.15, 0.2) is 5.57 Å². The first-order chi connectivity index (χ1) is 4.26. The fourth-order valence-corrected chi connectivity index (χ4v) is 0.333. The third kappa shape index (κ3) is 2.03. The summed E-state index contributed by atoms with van der Waals surface area (Å²) in [5, 5.41) is 18.9. The highest BCUT2D eigenvalue weighted by atomic mass is 35.5. The zero-order valence-corrected chi connectivity index (χ0v) is 5.53. The Morgan fingerprint density at radius 2 is 1.89 bits per heavy atom. The second-order valence-corrected chi connectivity index (χ2v) is 1.54. The maximum Gasteiger partial charge on any atom is 0.164 e. The second-order valence-electron chi connectivity index (χ2n) is 1.16. The van der Waals surface area contributed by atoms with Gasteiger partial charge in [-0.15, -0.1) is 0 Å². The first kappa shape index (κ1) is 7.81. The van der Waals surface area contributed by atoms with Crippen LogP contribution in [0.25, 0.3) is 0 Å². The Balaban J connectivity index is 4.49. The lowest BCUT2D eigenvalue weighted by Gasteiger charge is -1.91. The first-order valence-corrected chi connectivity index (χ1v) is 2.51. The van der Waals surface area contributed by atoms with Crippen molar-refractivity contribution in [2.75, 3.05) is 7.05 Å². The van der Waals surface area contributed by atoms with E-state index in [0.717, 1.165) is 0 Å². The molecular formula is C5H4ClN3. The molecule has 9 heavy (non-hydrogen) atoms. The number of hydrogen-bond acceptors (Lipinski definition) is 3. The fraction of sp³-hybridized carbons (Fsp3) is 0.200. The van der Waals surface area contributed by atoms with Gasteiger partial charge in [-0.1, -0.05) is 11.6 Å². The molecule has 0 saturated heterocycles. The lowest BCUT2D eigenvalue weighted by Crippen LogP contribution is -2.01. The van der Waals surface area contributed by atoms with Crippen LogP contribution in [0.2, 0.25) is 0 Å². The molecule has 0 aliphatic carbocycles. The van der Waals surface area contributed by atoms with E-state index in [2.05, 4.69) is 5.32 Å². The molecule has 1 N–H and O–H groups in total. The minimum Gasteiger partial charge on any atom is -0.377 e. The molecule has 0 spiro atoms. The van der Waals surface area contributed by atoms with Gasteiger partial charge in [0, 0.05) is 7.05 Å². The summed E-state index contributed by atoms with van der Waals surface area (Å²) in [6, 6.07) is 3.25. The third-order valence-electron chi connectivity index (χ3n) is 0.663. The van der Waals surface area contributed by atoms with E-state index in [1.807, 2.05) is 0 Å². The maximum atomic E-state index is 8.17. The highest BCUT2D eigenvalue weighted by Crippen LogP contribution is 2.01. The lowest BCUT2D eigenvalue weighted by atomic mass is 10.4. The van der Waals surface area contributed by atoms with Crippen molar-refractivity contribution in [1.29, 1.82) is 10.5 Å². The lowest BCUT2D eigenvalue weighted by molar-refractivity contribution is 1.06. The van der Waals surface area contributed by atoms with Gasteiger partial charge in [-0.25, -0.2) is 0 Å². The Kier molecular flexibility index (Phi) is 3.27. The molecule has 0 heterocycles. The number of rotatable bonds is 1. The van der Waals surface area contributed by atoms with E-state index in [-0.39, 0.29) is 10.7 Å². The summed E-state index contributed by atoms with van der Waals surface area (Å²) in [5.41, 5.74) is -0.0980. The molecule has 0 radical (unpaired) electrons. The maximum absolute atomic E-state index is 8.17. The summed E-state index contributed by atoms with van der Waals surface area (Å²) in [6.07, 6.45) is 0. The van der Waals surface area contributed by atoms with Crippen LogP contribution in [0.3, 0.4) is 0 Å². The topological polar surface area (TPSA) is 59.6 Å². The highest BCUT2D eigenvalue weighted by molar-refractivity contribution is 6.30. The smallest absolute Gasteiger partial charge is 0.164 e. The molecule has 0 saturated carbocycles. The van der Waals surface area contributed by atoms with Gasteiger partial charge < -0.3 is 5.32 Å². The minimum absolute atomic E-state index is 0.0833. The molecule has 0 fully saturated rings. The molecule has 0 rings (SSSR count). The zero-order chi connectivity index (χ0) is 7.28. The average Bonchev–Trinajstić information content (AvgIpc) is 1.90. The summed E-state index contributed by atoms with van der Waals surface area (Å²) >= 11 is 5.36. The highest BCUT2D eigenvalue weighted by Gasteiger charge is 1.97. The van der Waals surface area contributed by atoms with Gasteiger partial charge in [-0.3, -0.25) is 0 Å². The molecule has 0 amide bonds. The van der Waals surface area contributed by atoms with Crippen LogP contribution in [0.4, 0.5) is 0 Å². The molecule has 0 bridgehead atoms. The summed E-state index contributed by atoms with van der Waals surface area (Å²) < 4.78 is 0. The SMILES string of the molecule is CNC(Cl)=C(C#N)C#N. The molecule has 0 aromatic heterocycles. The Morgan fingerprint density at radius 1 is 1.44 bits per heavy atom. The van der Waals surface area contributed by atoms with Gasteiger partial charge in [0.2, 0.25) is 0 Å². The number of hydrogen-bond donors (Lipinski definition) is 1. The van der Waals surface area contributed by atoms with Gasteiger partial charge in [0.05, 0.1) is 0 Å². The van der Waals surface area contributed by atoms with E-state index >= 15 is 0 Å². The van der Waals surface area contributed by atoms with E-state index in [0.29, 0.717) is 0 Å². The summed E-state index contributed by atoms with van der Waals surface area (Å²) in [4.78, 5) is 0. The first-order valence-electron chi connectivity index (χ1n) is 2.14. The van der Waals surface area contributed by atoms with Crippen molar-refractivity contribution in [1.82, 2.24) is 5.32 Å².